The molecular formula is C16H21N3O4S2. The number of rotatable bonds is 7. The molecule has 0 amide bonds. The number of thiophene rings is 1. The molecule has 1 aromatic heterocycles. The fraction of sp³-hybridized carbons (Fsp3) is 0.375. The third-order valence-electron chi connectivity index (χ3n) is 3.17. The molecule has 0 unspecified atom stereocenters. The zero-order chi connectivity index (χ0) is 18.7. The van der Waals surface area contributed by atoms with Crippen LogP contribution in [0.2, 0.25) is 0 Å². The van der Waals surface area contributed by atoms with Crippen molar-refractivity contribution >= 4 is 26.4 Å². The number of hydrogen-bond acceptors (Lipinski definition) is 6. The van der Waals surface area contributed by atoms with Crippen LogP contribution in [0.1, 0.15) is 31.9 Å². The van der Waals surface area contributed by atoms with Crippen molar-refractivity contribution in [2.24, 2.45) is 0 Å². The second-order valence-electron chi connectivity index (χ2n) is 6.62. The molecule has 0 aliphatic carbocycles. The second-order valence-corrected chi connectivity index (χ2v) is 9.16. The Hall–Kier alpha value is -1.81. The molecule has 0 bridgehead atoms. The third-order valence-corrected chi connectivity index (χ3v) is 5.95. The summed E-state index contributed by atoms with van der Waals surface area (Å²) >= 11 is 1.07. The minimum absolute atomic E-state index is 0.0918. The van der Waals surface area contributed by atoms with Crippen LogP contribution in [0.4, 0.5) is 5.00 Å². The highest BCUT2D eigenvalue weighted by atomic mass is 32.2. The molecule has 2 aromatic rings. The van der Waals surface area contributed by atoms with E-state index in [2.05, 4.69) is 10.0 Å². The highest BCUT2D eigenvalue weighted by molar-refractivity contribution is 7.89. The highest BCUT2D eigenvalue weighted by Gasteiger charge is 2.24. The van der Waals surface area contributed by atoms with E-state index in [9.17, 15) is 18.5 Å². The summed E-state index contributed by atoms with van der Waals surface area (Å²) in [4.78, 5) is 10.5. The van der Waals surface area contributed by atoms with Gasteiger partial charge in [0.05, 0.1) is 9.82 Å². The summed E-state index contributed by atoms with van der Waals surface area (Å²) in [6.07, 6.45) is 0. The van der Waals surface area contributed by atoms with Gasteiger partial charge >= 0.3 is 5.00 Å². The van der Waals surface area contributed by atoms with E-state index in [0.29, 0.717) is 18.7 Å². The Labute approximate surface area is 151 Å². The SMILES string of the molecule is CC(C)(C)NS(=O)(=O)c1ccccc1CNCc1csc([N+](=O)[O-])c1. The molecule has 0 radical (unpaired) electrons. The van der Waals surface area contributed by atoms with Crippen LogP contribution in [0.15, 0.2) is 40.6 Å². The summed E-state index contributed by atoms with van der Waals surface area (Å²) in [6.45, 7) is 6.12. The highest BCUT2D eigenvalue weighted by Crippen LogP contribution is 2.23. The fourth-order valence-electron chi connectivity index (χ4n) is 2.26. The molecule has 2 rings (SSSR count). The number of sulfonamides is 1. The molecule has 2 N–H and O–H groups in total. The molecule has 0 atom stereocenters. The van der Waals surface area contributed by atoms with Crippen molar-refractivity contribution < 1.29 is 13.3 Å². The van der Waals surface area contributed by atoms with Gasteiger partial charge in [-0.2, -0.15) is 0 Å². The molecule has 1 heterocycles. The van der Waals surface area contributed by atoms with Crippen LogP contribution in [0, 0.1) is 10.1 Å². The summed E-state index contributed by atoms with van der Waals surface area (Å²) in [6, 6.07) is 8.30. The zero-order valence-electron chi connectivity index (χ0n) is 14.3. The van der Waals surface area contributed by atoms with Gasteiger partial charge in [-0.25, -0.2) is 13.1 Å². The van der Waals surface area contributed by atoms with E-state index < -0.39 is 20.5 Å². The molecule has 0 aliphatic rings. The first-order valence-corrected chi connectivity index (χ1v) is 9.99. The van der Waals surface area contributed by atoms with Gasteiger partial charge < -0.3 is 5.32 Å². The first-order chi connectivity index (χ1) is 11.6. The van der Waals surface area contributed by atoms with Crippen molar-refractivity contribution in [3.8, 4) is 0 Å². The molecule has 0 saturated carbocycles. The van der Waals surface area contributed by atoms with Crippen LogP contribution in [-0.2, 0) is 23.1 Å². The average molecular weight is 383 g/mol. The van der Waals surface area contributed by atoms with Gasteiger partial charge in [0.2, 0.25) is 10.0 Å². The first kappa shape index (κ1) is 19.5. The molecule has 136 valence electrons. The maximum Gasteiger partial charge on any atom is 0.324 e. The van der Waals surface area contributed by atoms with Gasteiger partial charge in [-0.1, -0.05) is 29.5 Å². The van der Waals surface area contributed by atoms with Crippen LogP contribution in [0.3, 0.4) is 0 Å². The summed E-state index contributed by atoms with van der Waals surface area (Å²) < 4.78 is 27.8. The van der Waals surface area contributed by atoms with E-state index in [1.807, 2.05) is 0 Å². The second kappa shape index (κ2) is 7.61. The van der Waals surface area contributed by atoms with Crippen LogP contribution < -0.4 is 10.0 Å². The van der Waals surface area contributed by atoms with E-state index in [-0.39, 0.29) is 9.90 Å². The quantitative estimate of drug-likeness (QED) is 0.565. The van der Waals surface area contributed by atoms with Gasteiger partial charge in [0.1, 0.15) is 0 Å². The maximum atomic E-state index is 12.6. The Balaban J connectivity index is 2.09. The summed E-state index contributed by atoms with van der Waals surface area (Å²) in [5.74, 6) is 0. The monoisotopic (exact) mass is 383 g/mol. The van der Waals surface area contributed by atoms with Gasteiger partial charge in [-0.05, 0) is 38.0 Å². The van der Waals surface area contributed by atoms with E-state index >= 15 is 0 Å². The van der Waals surface area contributed by atoms with E-state index in [0.717, 1.165) is 16.9 Å². The van der Waals surface area contributed by atoms with Crippen LogP contribution in [0.25, 0.3) is 0 Å². The molecule has 7 nitrogen and oxygen atoms in total. The van der Waals surface area contributed by atoms with Gasteiger partial charge in [-0.15, -0.1) is 0 Å². The minimum Gasteiger partial charge on any atom is -0.309 e. The number of nitro groups is 1. The Kier molecular flexibility index (Phi) is 5.94. The van der Waals surface area contributed by atoms with Crippen LogP contribution in [-0.4, -0.2) is 18.9 Å². The van der Waals surface area contributed by atoms with Gasteiger partial charge in [0.25, 0.3) is 0 Å². The van der Waals surface area contributed by atoms with Gasteiger partial charge in [0, 0.05) is 30.1 Å². The van der Waals surface area contributed by atoms with Crippen molar-refractivity contribution in [3.05, 3.63) is 57.0 Å². The standard InChI is InChI=1S/C16H21N3O4S2/c1-16(2,3)18-25(22,23)14-7-5-4-6-13(14)10-17-9-12-8-15(19(20)21)24-11-12/h4-8,11,17-18H,9-10H2,1-3H3. The Morgan fingerprint density at radius 1 is 1.20 bits per heavy atom. The molecule has 0 fully saturated rings. The first-order valence-electron chi connectivity index (χ1n) is 7.63. The number of nitrogens with zero attached hydrogens (tertiary/aromatic N) is 1. The normalized spacial score (nSPS) is 12.3. The van der Waals surface area contributed by atoms with Gasteiger partial charge in [-0.3, -0.25) is 10.1 Å². The van der Waals surface area contributed by atoms with E-state index in [4.69, 9.17) is 0 Å². The fourth-order valence-corrected chi connectivity index (χ4v) is 4.65. The van der Waals surface area contributed by atoms with Crippen molar-refractivity contribution in [3.63, 3.8) is 0 Å². The predicted molar refractivity (Wildman–Crippen MR) is 98.0 cm³/mol. The van der Waals surface area contributed by atoms with Crippen LogP contribution >= 0.6 is 11.3 Å². The maximum absolute atomic E-state index is 12.6. The summed E-state index contributed by atoms with van der Waals surface area (Å²) in [7, 11) is -3.63. The van der Waals surface area contributed by atoms with Crippen LogP contribution in [0.5, 0.6) is 0 Å². The topological polar surface area (TPSA) is 101 Å². The molecule has 0 spiro atoms. The van der Waals surface area contributed by atoms with E-state index in [1.165, 1.54) is 6.07 Å². The van der Waals surface area contributed by atoms with Crippen molar-refractivity contribution in [2.45, 2.75) is 44.3 Å². The Morgan fingerprint density at radius 3 is 2.48 bits per heavy atom. The molecule has 0 saturated heterocycles. The lowest BCUT2D eigenvalue weighted by atomic mass is 10.1. The number of hydrogen-bond donors (Lipinski definition) is 2. The third kappa shape index (κ3) is 5.60. The molecule has 25 heavy (non-hydrogen) atoms. The zero-order valence-corrected chi connectivity index (χ0v) is 15.9. The van der Waals surface area contributed by atoms with Crippen molar-refractivity contribution in [2.75, 3.05) is 0 Å². The van der Waals surface area contributed by atoms with Crippen molar-refractivity contribution in [1.82, 2.24) is 10.0 Å². The van der Waals surface area contributed by atoms with Crippen molar-refractivity contribution in [1.29, 1.82) is 0 Å². The minimum atomic E-state index is -3.63. The largest absolute Gasteiger partial charge is 0.324 e. The molecule has 1 aromatic carbocycles. The van der Waals surface area contributed by atoms with Gasteiger partial charge in [0.15, 0.2) is 0 Å². The summed E-state index contributed by atoms with van der Waals surface area (Å²) in [5, 5.41) is 15.6. The predicted octanol–water partition coefficient (Wildman–Crippen LogP) is 3.02. The average Bonchev–Trinajstić information content (AvgIpc) is 2.94. The van der Waals surface area contributed by atoms with E-state index in [1.54, 1.807) is 50.4 Å². The lowest BCUT2D eigenvalue weighted by Gasteiger charge is -2.21. The number of nitrogens with one attached hydrogen (secondary N) is 2. The molecular weight excluding hydrogens is 362 g/mol. The lowest BCUT2D eigenvalue weighted by molar-refractivity contribution is -0.380. The summed E-state index contributed by atoms with van der Waals surface area (Å²) in [5.41, 5.74) is 0.864. The Morgan fingerprint density at radius 2 is 1.88 bits per heavy atom. The molecule has 9 heteroatoms. The smallest absolute Gasteiger partial charge is 0.309 e. The Bertz CT molecular complexity index is 854. The molecule has 0 aliphatic heterocycles. The number of benzene rings is 1. The lowest BCUT2D eigenvalue weighted by Crippen LogP contribution is -2.40.